The normalized spacial score (nSPS) is 46.8. The molecule has 0 aromatic carbocycles. The first kappa shape index (κ1) is 24.6. The molecule has 184 valence electrons. The van der Waals surface area contributed by atoms with Crippen molar-refractivity contribution in [3.63, 3.8) is 0 Å². The molecule has 1 N–H and O–H groups in total. The minimum atomic E-state index is -0.496. The Morgan fingerprint density at radius 2 is 1.72 bits per heavy atom. The van der Waals surface area contributed by atoms with Gasteiger partial charge in [0.25, 0.3) is 0 Å². The topological polar surface area (TPSA) is 46.5 Å². The molecule has 0 aromatic heterocycles. The van der Waals surface area contributed by atoms with Crippen molar-refractivity contribution < 1.29 is 14.6 Å². The van der Waals surface area contributed by atoms with Crippen LogP contribution in [0.4, 0.5) is 0 Å². The summed E-state index contributed by atoms with van der Waals surface area (Å²) in [4.78, 5) is 11.5. The second-order valence-corrected chi connectivity index (χ2v) is 13.3. The van der Waals surface area contributed by atoms with E-state index < -0.39 is 6.10 Å². The lowest BCUT2D eigenvalue weighted by molar-refractivity contribution is -0.182. The van der Waals surface area contributed by atoms with Crippen molar-refractivity contribution in [2.24, 2.45) is 52.3 Å². The van der Waals surface area contributed by atoms with E-state index in [1.807, 2.05) is 0 Å². The Balaban J connectivity index is 1.46. The number of ether oxygens (including phenoxy) is 1. The number of aliphatic hydroxyl groups excluding tert-OH is 1. The van der Waals surface area contributed by atoms with Crippen LogP contribution in [0.25, 0.3) is 0 Å². The van der Waals surface area contributed by atoms with Crippen LogP contribution < -0.4 is 0 Å². The van der Waals surface area contributed by atoms with Crippen LogP contribution in [-0.4, -0.2) is 23.3 Å². The van der Waals surface area contributed by atoms with Gasteiger partial charge in [0.15, 0.2) is 0 Å². The van der Waals surface area contributed by atoms with Crippen LogP contribution in [0.5, 0.6) is 0 Å². The second kappa shape index (κ2) is 9.23. The van der Waals surface area contributed by atoms with Crippen molar-refractivity contribution in [3.05, 3.63) is 0 Å². The van der Waals surface area contributed by atoms with Crippen molar-refractivity contribution in [2.45, 2.75) is 124 Å². The molecule has 0 radical (unpaired) electrons. The van der Waals surface area contributed by atoms with Gasteiger partial charge in [-0.2, -0.15) is 0 Å². The molecule has 4 saturated carbocycles. The standard InChI is InChI=1S/C29H50O3/c1-18(2)8-7-9-19(3)23-12-13-24-22-11-10-21-16-27(32-20(4)30)26(31)17-29(21,6)25(22)14-15-28(23,24)5/h18-19,21-27,31H,7-17H2,1-6H3/t19-,21?,22+,23-,24+,25+,26-,27+,28-,29+/m1/s1. The number of aliphatic hydroxyl groups is 1. The van der Waals surface area contributed by atoms with Crippen LogP contribution in [-0.2, 0) is 9.53 Å². The number of rotatable bonds is 6. The molecular formula is C29H50O3. The van der Waals surface area contributed by atoms with Gasteiger partial charge >= 0.3 is 5.97 Å². The van der Waals surface area contributed by atoms with E-state index in [0.717, 1.165) is 48.3 Å². The van der Waals surface area contributed by atoms with Gasteiger partial charge in [-0.15, -0.1) is 0 Å². The lowest BCUT2D eigenvalue weighted by atomic mass is 9.44. The summed E-state index contributed by atoms with van der Waals surface area (Å²) < 4.78 is 5.52. The third kappa shape index (κ3) is 4.29. The molecule has 3 heteroatoms. The molecule has 3 nitrogen and oxygen atoms in total. The molecule has 0 saturated heterocycles. The van der Waals surface area contributed by atoms with Crippen molar-refractivity contribution in [2.75, 3.05) is 0 Å². The molecule has 0 bridgehead atoms. The van der Waals surface area contributed by atoms with Crippen LogP contribution in [0.3, 0.4) is 0 Å². The summed E-state index contributed by atoms with van der Waals surface area (Å²) in [5, 5.41) is 10.9. The first-order chi connectivity index (χ1) is 15.1. The van der Waals surface area contributed by atoms with Crippen molar-refractivity contribution in [3.8, 4) is 0 Å². The Kier molecular flexibility index (Phi) is 7.08. The van der Waals surface area contributed by atoms with Gasteiger partial charge in [0.1, 0.15) is 6.10 Å². The number of carbonyl (C=O) groups excluding carboxylic acids is 1. The van der Waals surface area contributed by atoms with E-state index in [0.29, 0.717) is 11.3 Å². The number of esters is 1. The fraction of sp³-hybridized carbons (Fsp3) is 0.966. The summed E-state index contributed by atoms with van der Waals surface area (Å²) in [5.74, 6) is 5.37. The van der Waals surface area contributed by atoms with Gasteiger partial charge in [0, 0.05) is 6.92 Å². The monoisotopic (exact) mass is 446 g/mol. The average Bonchev–Trinajstić information content (AvgIpc) is 3.05. The van der Waals surface area contributed by atoms with Crippen molar-refractivity contribution in [1.82, 2.24) is 0 Å². The third-order valence-corrected chi connectivity index (χ3v) is 11.2. The van der Waals surface area contributed by atoms with Gasteiger partial charge < -0.3 is 9.84 Å². The zero-order valence-corrected chi connectivity index (χ0v) is 21.7. The van der Waals surface area contributed by atoms with Gasteiger partial charge in [0.05, 0.1) is 6.10 Å². The molecule has 0 spiro atoms. The number of hydrogen-bond acceptors (Lipinski definition) is 3. The van der Waals surface area contributed by atoms with Crippen molar-refractivity contribution >= 4 is 5.97 Å². The highest BCUT2D eigenvalue weighted by molar-refractivity contribution is 5.66. The molecule has 32 heavy (non-hydrogen) atoms. The zero-order valence-electron chi connectivity index (χ0n) is 21.7. The quantitative estimate of drug-likeness (QED) is 0.446. The maximum Gasteiger partial charge on any atom is 0.302 e. The number of fused-ring (bicyclic) bond motifs is 5. The Morgan fingerprint density at radius 1 is 1.00 bits per heavy atom. The smallest absolute Gasteiger partial charge is 0.302 e. The molecule has 0 aromatic rings. The summed E-state index contributed by atoms with van der Waals surface area (Å²) in [5.41, 5.74) is 0.733. The highest BCUT2D eigenvalue weighted by Crippen LogP contribution is 2.68. The largest absolute Gasteiger partial charge is 0.460 e. The van der Waals surface area contributed by atoms with E-state index >= 15 is 0 Å². The molecule has 4 aliphatic carbocycles. The van der Waals surface area contributed by atoms with E-state index in [4.69, 9.17) is 4.74 Å². The third-order valence-electron chi connectivity index (χ3n) is 11.2. The molecule has 0 amide bonds. The molecular weight excluding hydrogens is 396 g/mol. The van der Waals surface area contributed by atoms with Gasteiger partial charge in [0.2, 0.25) is 0 Å². The van der Waals surface area contributed by atoms with Gasteiger partial charge in [-0.1, -0.05) is 53.9 Å². The zero-order chi connectivity index (χ0) is 23.3. The summed E-state index contributed by atoms with van der Waals surface area (Å²) in [6, 6.07) is 0. The van der Waals surface area contributed by atoms with E-state index in [9.17, 15) is 9.90 Å². The fourth-order valence-corrected chi connectivity index (χ4v) is 9.62. The average molecular weight is 447 g/mol. The lowest BCUT2D eigenvalue weighted by Gasteiger charge is -2.61. The molecule has 1 unspecified atom stereocenters. The van der Waals surface area contributed by atoms with Gasteiger partial charge in [-0.05, 0) is 104 Å². The molecule has 10 atom stereocenters. The Hall–Kier alpha value is -0.570. The van der Waals surface area contributed by atoms with Crippen LogP contribution >= 0.6 is 0 Å². The number of hydrogen-bond donors (Lipinski definition) is 1. The Bertz CT molecular complexity index is 673. The minimum absolute atomic E-state index is 0.210. The molecule has 4 rings (SSSR count). The van der Waals surface area contributed by atoms with E-state index in [1.165, 1.54) is 64.7 Å². The highest BCUT2D eigenvalue weighted by atomic mass is 16.6. The van der Waals surface area contributed by atoms with Crippen LogP contribution in [0.2, 0.25) is 0 Å². The summed E-state index contributed by atoms with van der Waals surface area (Å²) in [6.45, 7) is 13.9. The van der Waals surface area contributed by atoms with Gasteiger partial charge in [-0.3, -0.25) is 4.79 Å². The molecule has 4 fully saturated rings. The maximum absolute atomic E-state index is 11.5. The van der Waals surface area contributed by atoms with Crippen molar-refractivity contribution in [1.29, 1.82) is 0 Å². The predicted molar refractivity (Wildman–Crippen MR) is 130 cm³/mol. The fourth-order valence-electron chi connectivity index (χ4n) is 9.62. The molecule has 0 aliphatic heterocycles. The predicted octanol–water partition coefficient (Wildman–Crippen LogP) is 7.01. The molecule has 0 heterocycles. The SMILES string of the molecule is CC(=O)O[C@H]1CC2CC[C@H]3[C@@H]4CC[C@H]([C@H](C)CCCC(C)C)[C@@]4(C)CC[C@@H]3[C@@]2(C)C[C@H]1O. The number of carbonyl (C=O) groups is 1. The first-order valence-corrected chi connectivity index (χ1v) is 13.9. The highest BCUT2D eigenvalue weighted by Gasteiger charge is 2.61. The maximum atomic E-state index is 11.5. The minimum Gasteiger partial charge on any atom is -0.460 e. The lowest BCUT2D eigenvalue weighted by Crippen LogP contribution is -2.57. The van der Waals surface area contributed by atoms with E-state index in [1.54, 1.807) is 0 Å². The van der Waals surface area contributed by atoms with E-state index in [2.05, 4.69) is 34.6 Å². The molecule has 4 aliphatic rings. The summed E-state index contributed by atoms with van der Waals surface area (Å²) in [6.07, 6.45) is 13.2. The van der Waals surface area contributed by atoms with Crippen LogP contribution in [0.1, 0.15) is 112 Å². The van der Waals surface area contributed by atoms with Crippen LogP contribution in [0.15, 0.2) is 0 Å². The summed E-state index contributed by atoms with van der Waals surface area (Å²) >= 11 is 0. The Labute approximate surface area is 197 Å². The van der Waals surface area contributed by atoms with E-state index in [-0.39, 0.29) is 17.5 Å². The van der Waals surface area contributed by atoms with Gasteiger partial charge in [-0.25, -0.2) is 0 Å². The van der Waals surface area contributed by atoms with Crippen LogP contribution in [0, 0.1) is 52.3 Å². The first-order valence-electron chi connectivity index (χ1n) is 13.9. The Morgan fingerprint density at radius 3 is 2.41 bits per heavy atom. The summed E-state index contributed by atoms with van der Waals surface area (Å²) in [7, 11) is 0. The second-order valence-electron chi connectivity index (χ2n) is 13.3.